The molecule has 0 saturated carbocycles. The van der Waals surface area contributed by atoms with Crippen LogP contribution < -0.4 is 5.32 Å². The van der Waals surface area contributed by atoms with E-state index in [2.05, 4.69) is 42.3 Å². The number of carbonyl (C=O) groups is 2. The number of nitrogens with zero attached hydrogens (tertiary/aromatic N) is 2. The van der Waals surface area contributed by atoms with Crippen molar-refractivity contribution in [1.82, 2.24) is 15.1 Å². The highest BCUT2D eigenvalue weighted by Gasteiger charge is 2.34. The molecule has 1 N–H and O–H groups in total. The number of hydrogen-bond donors (Lipinski definition) is 1. The fourth-order valence-electron chi connectivity index (χ4n) is 4.94. The molecule has 0 spiro atoms. The molecular weight excluding hydrogens is 366 g/mol. The SMILES string of the molecule is CC(C)N1CCC(C(=O)C2NCCc3cc(C4CN(C=O)CCO4)ccc32)CC1. The van der Waals surface area contributed by atoms with Gasteiger partial charge in [0.15, 0.2) is 5.78 Å². The molecule has 3 heterocycles. The number of Topliss-reactive ketones (excluding diaryl/α,β-unsaturated/α-hetero) is 1. The Morgan fingerprint density at radius 1 is 1.24 bits per heavy atom. The second-order valence-corrected chi connectivity index (χ2v) is 8.86. The van der Waals surface area contributed by atoms with E-state index in [-0.39, 0.29) is 18.1 Å². The van der Waals surface area contributed by atoms with Crippen LogP contribution >= 0.6 is 0 Å². The van der Waals surface area contributed by atoms with Crippen molar-refractivity contribution in [3.8, 4) is 0 Å². The van der Waals surface area contributed by atoms with Crippen LogP contribution in [-0.4, -0.2) is 67.4 Å². The number of morpholine rings is 1. The molecule has 3 aliphatic rings. The lowest BCUT2D eigenvalue weighted by atomic mass is 9.82. The quantitative estimate of drug-likeness (QED) is 0.769. The number of ether oxygens (including phenoxy) is 1. The number of ketones is 1. The molecule has 6 nitrogen and oxygen atoms in total. The van der Waals surface area contributed by atoms with Gasteiger partial charge in [-0.05, 0) is 62.9 Å². The second-order valence-electron chi connectivity index (χ2n) is 8.86. The highest BCUT2D eigenvalue weighted by molar-refractivity contribution is 5.88. The number of rotatable bonds is 5. The third-order valence-electron chi connectivity index (χ3n) is 6.79. The third-order valence-corrected chi connectivity index (χ3v) is 6.79. The Morgan fingerprint density at radius 2 is 2.03 bits per heavy atom. The molecule has 0 bridgehead atoms. The van der Waals surface area contributed by atoms with Crippen molar-refractivity contribution in [2.24, 2.45) is 5.92 Å². The molecule has 4 rings (SSSR count). The first kappa shape index (κ1) is 20.5. The number of carbonyl (C=O) groups excluding carboxylic acids is 2. The number of piperidine rings is 1. The number of amides is 1. The Morgan fingerprint density at radius 3 is 2.76 bits per heavy atom. The molecule has 2 atom stereocenters. The van der Waals surface area contributed by atoms with Gasteiger partial charge in [-0.2, -0.15) is 0 Å². The molecule has 1 aromatic rings. The van der Waals surface area contributed by atoms with Crippen LogP contribution in [0.2, 0.25) is 0 Å². The molecule has 3 aliphatic heterocycles. The van der Waals surface area contributed by atoms with E-state index in [1.165, 1.54) is 5.56 Å². The molecule has 0 aromatic heterocycles. The summed E-state index contributed by atoms with van der Waals surface area (Å²) in [5.74, 6) is 0.499. The lowest BCUT2D eigenvalue weighted by Crippen LogP contribution is -2.44. The topological polar surface area (TPSA) is 61.9 Å². The van der Waals surface area contributed by atoms with Crippen molar-refractivity contribution < 1.29 is 14.3 Å². The smallest absolute Gasteiger partial charge is 0.209 e. The minimum Gasteiger partial charge on any atom is -0.370 e. The Labute approximate surface area is 173 Å². The molecule has 2 fully saturated rings. The highest BCUT2D eigenvalue weighted by atomic mass is 16.5. The molecule has 0 aliphatic carbocycles. The minimum absolute atomic E-state index is 0.0800. The molecule has 29 heavy (non-hydrogen) atoms. The number of benzene rings is 1. The molecular formula is C23H33N3O3. The van der Waals surface area contributed by atoms with Gasteiger partial charge in [0.25, 0.3) is 0 Å². The Balaban J connectivity index is 1.47. The summed E-state index contributed by atoms with van der Waals surface area (Å²) in [5, 5.41) is 3.47. The summed E-state index contributed by atoms with van der Waals surface area (Å²) in [6.45, 7) is 9.12. The maximum absolute atomic E-state index is 13.3. The van der Waals surface area contributed by atoms with Gasteiger partial charge in [-0.1, -0.05) is 18.2 Å². The van der Waals surface area contributed by atoms with E-state index in [1.807, 2.05) is 0 Å². The normalized spacial score (nSPS) is 26.4. The molecule has 1 aromatic carbocycles. The summed E-state index contributed by atoms with van der Waals surface area (Å²) in [4.78, 5) is 28.7. The van der Waals surface area contributed by atoms with Gasteiger partial charge in [0.05, 0.1) is 19.2 Å². The first-order valence-electron chi connectivity index (χ1n) is 11.0. The fraction of sp³-hybridized carbons (Fsp3) is 0.652. The van der Waals surface area contributed by atoms with Crippen LogP contribution in [0.25, 0.3) is 0 Å². The lowest BCUT2D eigenvalue weighted by Gasteiger charge is -2.36. The Bertz CT molecular complexity index is 743. The van der Waals surface area contributed by atoms with Gasteiger partial charge in [0.1, 0.15) is 6.10 Å². The summed E-state index contributed by atoms with van der Waals surface area (Å²) >= 11 is 0. The van der Waals surface area contributed by atoms with E-state index < -0.39 is 0 Å². The monoisotopic (exact) mass is 399 g/mol. The van der Waals surface area contributed by atoms with E-state index in [0.717, 1.165) is 56.4 Å². The number of hydrogen-bond acceptors (Lipinski definition) is 5. The zero-order chi connectivity index (χ0) is 20.4. The first-order chi connectivity index (χ1) is 14.1. The highest BCUT2D eigenvalue weighted by Crippen LogP contribution is 2.32. The summed E-state index contributed by atoms with van der Waals surface area (Å²) in [6.07, 6.45) is 3.66. The van der Waals surface area contributed by atoms with Crippen molar-refractivity contribution >= 4 is 12.2 Å². The molecule has 6 heteroatoms. The van der Waals surface area contributed by atoms with E-state index in [9.17, 15) is 9.59 Å². The predicted octanol–water partition coefficient (Wildman–Crippen LogP) is 2.09. The van der Waals surface area contributed by atoms with Crippen LogP contribution in [0.5, 0.6) is 0 Å². The Hall–Kier alpha value is -1.76. The van der Waals surface area contributed by atoms with E-state index in [4.69, 9.17) is 4.74 Å². The van der Waals surface area contributed by atoms with Crippen LogP contribution in [0.15, 0.2) is 18.2 Å². The molecule has 1 amide bonds. The minimum atomic E-state index is -0.192. The fourth-order valence-corrected chi connectivity index (χ4v) is 4.94. The number of likely N-dealkylation sites (tertiary alicyclic amines) is 1. The standard InChI is InChI=1S/C23H33N3O3/c1-16(2)26-9-6-17(7-10-26)23(28)22-20-4-3-19(13-18(20)5-8-24-22)21-14-25(15-27)11-12-29-21/h3-4,13,15-17,21-22,24H,5-12,14H2,1-2H3. The summed E-state index contributed by atoms with van der Waals surface area (Å²) in [6, 6.07) is 6.73. The van der Waals surface area contributed by atoms with Crippen LogP contribution in [0.4, 0.5) is 0 Å². The predicted molar refractivity (Wildman–Crippen MR) is 112 cm³/mol. The summed E-state index contributed by atoms with van der Waals surface area (Å²) in [5.41, 5.74) is 3.47. The van der Waals surface area contributed by atoms with E-state index >= 15 is 0 Å². The maximum atomic E-state index is 13.3. The zero-order valence-corrected chi connectivity index (χ0v) is 17.6. The van der Waals surface area contributed by atoms with Gasteiger partial charge in [-0.3, -0.25) is 9.59 Å². The van der Waals surface area contributed by atoms with E-state index in [0.29, 0.717) is 31.5 Å². The van der Waals surface area contributed by atoms with Gasteiger partial charge in [-0.25, -0.2) is 0 Å². The molecule has 2 unspecified atom stereocenters. The second kappa shape index (κ2) is 8.94. The summed E-state index contributed by atoms with van der Waals surface area (Å²) in [7, 11) is 0. The van der Waals surface area contributed by atoms with Crippen molar-refractivity contribution in [2.75, 3.05) is 39.3 Å². The molecule has 0 radical (unpaired) electrons. The third kappa shape index (κ3) is 4.39. The molecule has 158 valence electrons. The van der Waals surface area contributed by atoms with Crippen LogP contribution in [-0.2, 0) is 20.7 Å². The van der Waals surface area contributed by atoms with Crippen molar-refractivity contribution in [1.29, 1.82) is 0 Å². The summed E-state index contributed by atoms with van der Waals surface area (Å²) < 4.78 is 5.90. The van der Waals surface area contributed by atoms with Gasteiger partial charge in [0, 0.05) is 25.0 Å². The zero-order valence-electron chi connectivity index (χ0n) is 17.6. The van der Waals surface area contributed by atoms with Crippen molar-refractivity contribution in [3.63, 3.8) is 0 Å². The van der Waals surface area contributed by atoms with Crippen molar-refractivity contribution in [2.45, 2.75) is 51.3 Å². The largest absolute Gasteiger partial charge is 0.370 e. The average Bonchev–Trinajstić information content (AvgIpc) is 2.78. The van der Waals surface area contributed by atoms with Gasteiger partial charge >= 0.3 is 0 Å². The van der Waals surface area contributed by atoms with Crippen molar-refractivity contribution in [3.05, 3.63) is 34.9 Å². The van der Waals surface area contributed by atoms with Gasteiger partial charge in [0.2, 0.25) is 6.41 Å². The number of nitrogens with one attached hydrogen (secondary N) is 1. The van der Waals surface area contributed by atoms with Crippen LogP contribution in [0.3, 0.4) is 0 Å². The van der Waals surface area contributed by atoms with Crippen LogP contribution in [0.1, 0.15) is 55.5 Å². The Kier molecular flexibility index (Phi) is 6.32. The number of fused-ring (bicyclic) bond motifs is 1. The average molecular weight is 400 g/mol. The lowest BCUT2D eigenvalue weighted by molar-refractivity contribution is -0.127. The molecule has 2 saturated heterocycles. The van der Waals surface area contributed by atoms with Gasteiger partial charge in [-0.15, -0.1) is 0 Å². The maximum Gasteiger partial charge on any atom is 0.209 e. The van der Waals surface area contributed by atoms with E-state index in [1.54, 1.807) is 4.90 Å². The van der Waals surface area contributed by atoms with Crippen LogP contribution in [0, 0.1) is 5.92 Å². The van der Waals surface area contributed by atoms with Gasteiger partial charge < -0.3 is 19.9 Å². The first-order valence-corrected chi connectivity index (χ1v) is 11.0.